The zero-order valence-electron chi connectivity index (χ0n) is 8.65. The summed E-state index contributed by atoms with van der Waals surface area (Å²) in [5.41, 5.74) is 0. The Labute approximate surface area is 85.4 Å². The minimum Gasteiger partial charge on any atom is -0.396 e. The Kier molecular flexibility index (Phi) is 3.79. The molecular weight excluding hydrogens is 180 g/mol. The van der Waals surface area contributed by atoms with Crippen LogP contribution < -0.4 is 0 Å². The van der Waals surface area contributed by atoms with Crippen LogP contribution in [-0.2, 0) is 9.47 Å². The third kappa shape index (κ3) is 2.94. The van der Waals surface area contributed by atoms with Crippen molar-refractivity contribution >= 4 is 0 Å². The zero-order chi connectivity index (χ0) is 9.80. The molecule has 3 nitrogen and oxygen atoms in total. The Bertz CT molecular complexity index is 172. The first kappa shape index (κ1) is 10.4. The fourth-order valence-corrected chi connectivity index (χ4v) is 2.20. The monoisotopic (exact) mass is 200 g/mol. The largest absolute Gasteiger partial charge is 0.396 e. The molecule has 0 aromatic rings. The van der Waals surface area contributed by atoms with Gasteiger partial charge in [-0.2, -0.15) is 0 Å². The fraction of sp³-hybridized carbons (Fsp3) is 1.00. The van der Waals surface area contributed by atoms with Crippen molar-refractivity contribution in [3.8, 4) is 0 Å². The molecule has 1 saturated heterocycles. The molecule has 0 radical (unpaired) electrons. The fourth-order valence-electron chi connectivity index (χ4n) is 2.20. The average Bonchev–Trinajstić information content (AvgIpc) is 2.95. The van der Waals surface area contributed by atoms with Gasteiger partial charge in [-0.05, 0) is 38.0 Å². The second-order valence-corrected chi connectivity index (χ2v) is 4.40. The number of hydrogen-bond acceptors (Lipinski definition) is 3. The number of fused-ring (bicyclic) bond motifs is 1. The lowest BCUT2D eigenvalue weighted by Crippen LogP contribution is -2.18. The van der Waals surface area contributed by atoms with E-state index in [1.54, 1.807) is 0 Å². The number of epoxide rings is 1. The van der Waals surface area contributed by atoms with Gasteiger partial charge < -0.3 is 14.6 Å². The standard InChI is InChI=1S/C11H20O3/c12-5-1-2-6-13-8-9-3-4-10-11(7-9)14-10/h9-12H,1-8H2. The number of hydrogen-bond donors (Lipinski definition) is 1. The van der Waals surface area contributed by atoms with E-state index in [0.29, 0.717) is 18.1 Å². The lowest BCUT2D eigenvalue weighted by molar-refractivity contribution is 0.0827. The maximum Gasteiger partial charge on any atom is 0.0845 e. The van der Waals surface area contributed by atoms with Crippen LogP contribution in [0, 0.1) is 5.92 Å². The van der Waals surface area contributed by atoms with Crippen molar-refractivity contribution in [1.29, 1.82) is 0 Å². The summed E-state index contributed by atoms with van der Waals surface area (Å²) in [6, 6.07) is 0. The molecule has 0 amide bonds. The number of rotatable bonds is 6. The second kappa shape index (κ2) is 5.10. The number of aliphatic hydroxyl groups is 1. The Morgan fingerprint density at radius 3 is 2.93 bits per heavy atom. The summed E-state index contributed by atoms with van der Waals surface area (Å²) in [6.45, 7) is 1.97. The van der Waals surface area contributed by atoms with Crippen LogP contribution in [0.1, 0.15) is 32.1 Å². The van der Waals surface area contributed by atoms with Crippen molar-refractivity contribution in [3.05, 3.63) is 0 Å². The third-order valence-corrected chi connectivity index (χ3v) is 3.16. The van der Waals surface area contributed by atoms with E-state index in [2.05, 4.69) is 0 Å². The normalized spacial score (nSPS) is 35.4. The molecule has 1 heterocycles. The molecule has 0 bridgehead atoms. The molecule has 2 rings (SSSR count). The van der Waals surface area contributed by atoms with Crippen molar-refractivity contribution in [1.82, 2.24) is 0 Å². The van der Waals surface area contributed by atoms with E-state index < -0.39 is 0 Å². The number of aliphatic hydroxyl groups excluding tert-OH is 1. The lowest BCUT2D eigenvalue weighted by atomic mass is 9.90. The van der Waals surface area contributed by atoms with Gasteiger partial charge in [0.2, 0.25) is 0 Å². The van der Waals surface area contributed by atoms with Gasteiger partial charge in [-0.15, -0.1) is 0 Å². The van der Waals surface area contributed by atoms with Crippen LogP contribution in [-0.4, -0.2) is 37.1 Å². The van der Waals surface area contributed by atoms with Crippen molar-refractivity contribution in [2.75, 3.05) is 19.8 Å². The van der Waals surface area contributed by atoms with Gasteiger partial charge in [-0.25, -0.2) is 0 Å². The van der Waals surface area contributed by atoms with Gasteiger partial charge in [0, 0.05) is 19.8 Å². The Morgan fingerprint density at radius 1 is 1.21 bits per heavy atom. The second-order valence-electron chi connectivity index (χ2n) is 4.40. The molecule has 0 spiro atoms. The topological polar surface area (TPSA) is 42.0 Å². The van der Waals surface area contributed by atoms with Crippen LogP contribution in [0.2, 0.25) is 0 Å². The molecule has 0 aromatic heterocycles. The van der Waals surface area contributed by atoms with Crippen LogP contribution in [0.4, 0.5) is 0 Å². The summed E-state index contributed by atoms with van der Waals surface area (Å²) < 4.78 is 11.0. The smallest absolute Gasteiger partial charge is 0.0845 e. The zero-order valence-corrected chi connectivity index (χ0v) is 8.65. The van der Waals surface area contributed by atoms with Gasteiger partial charge in [-0.1, -0.05) is 0 Å². The molecule has 0 aromatic carbocycles. The molecular formula is C11H20O3. The van der Waals surface area contributed by atoms with E-state index in [9.17, 15) is 0 Å². The molecule has 14 heavy (non-hydrogen) atoms. The summed E-state index contributed by atoms with van der Waals surface area (Å²) in [5.74, 6) is 0.716. The molecule has 3 unspecified atom stereocenters. The Hall–Kier alpha value is -0.120. The molecule has 1 aliphatic heterocycles. The van der Waals surface area contributed by atoms with Crippen LogP contribution >= 0.6 is 0 Å². The van der Waals surface area contributed by atoms with Gasteiger partial charge >= 0.3 is 0 Å². The SMILES string of the molecule is OCCCCOCC1CCC2OC2C1. The molecule has 3 heteroatoms. The van der Waals surface area contributed by atoms with Crippen molar-refractivity contribution in [2.45, 2.75) is 44.3 Å². The van der Waals surface area contributed by atoms with E-state index >= 15 is 0 Å². The highest BCUT2D eigenvalue weighted by Crippen LogP contribution is 2.39. The molecule has 2 aliphatic rings. The molecule has 1 N–H and O–H groups in total. The van der Waals surface area contributed by atoms with Crippen LogP contribution in [0.5, 0.6) is 0 Å². The first-order valence-electron chi connectivity index (χ1n) is 5.74. The minimum absolute atomic E-state index is 0.282. The molecule has 82 valence electrons. The van der Waals surface area contributed by atoms with Crippen LogP contribution in [0.3, 0.4) is 0 Å². The summed E-state index contributed by atoms with van der Waals surface area (Å²) in [7, 11) is 0. The summed E-state index contributed by atoms with van der Waals surface area (Å²) >= 11 is 0. The van der Waals surface area contributed by atoms with Gasteiger partial charge in [0.15, 0.2) is 0 Å². The highest BCUT2D eigenvalue weighted by Gasteiger charge is 2.43. The first-order valence-corrected chi connectivity index (χ1v) is 5.74. The van der Waals surface area contributed by atoms with Gasteiger partial charge in [0.25, 0.3) is 0 Å². The maximum atomic E-state index is 8.58. The van der Waals surface area contributed by atoms with Crippen LogP contribution in [0.15, 0.2) is 0 Å². The van der Waals surface area contributed by atoms with Gasteiger partial charge in [-0.3, -0.25) is 0 Å². The number of unbranched alkanes of at least 4 members (excludes halogenated alkanes) is 1. The number of ether oxygens (including phenoxy) is 2. The van der Waals surface area contributed by atoms with Gasteiger partial charge in [0.05, 0.1) is 12.2 Å². The minimum atomic E-state index is 0.282. The van der Waals surface area contributed by atoms with Crippen molar-refractivity contribution < 1.29 is 14.6 Å². The van der Waals surface area contributed by atoms with Crippen molar-refractivity contribution in [2.24, 2.45) is 5.92 Å². The van der Waals surface area contributed by atoms with Gasteiger partial charge in [0.1, 0.15) is 0 Å². The summed E-state index contributed by atoms with van der Waals surface area (Å²) in [6.07, 6.45) is 6.70. The van der Waals surface area contributed by atoms with E-state index in [4.69, 9.17) is 14.6 Å². The van der Waals surface area contributed by atoms with Crippen molar-refractivity contribution in [3.63, 3.8) is 0 Å². The average molecular weight is 200 g/mol. The maximum absolute atomic E-state index is 8.58. The highest BCUT2D eigenvalue weighted by atomic mass is 16.6. The summed E-state index contributed by atoms with van der Waals surface area (Å²) in [5, 5.41) is 8.58. The first-order chi connectivity index (χ1) is 6.90. The highest BCUT2D eigenvalue weighted by molar-refractivity contribution is 4.91. The predicted octanol–water partition coefficient (Wildman–Crippen LogP) is 1.34. The molecule has 1 saturated carbocycles. The molecule has 2 fully saturated rings. The van der Waals surface area contributed by atoms with Crippen LogP contribution in [0.25, 0.3) is 0 Å². The third-order valence-electron chi connectivity index (χ3n) is 3.16. The molecule has 1 aliphatic carbocycles. The Balaban J connectivity index is 1.48. The Morgan fingerprint density at radius 2 is 2.14 bits per heavy atom. The van der Waals surface area contributed by atoms with E-state index in [1.807, 2.05) is 0 Å². The summed E-state index contributed by atoms with van der Waals surface area (Å²) in [4.78, 5) is 0. The quantitative estimate of drug-likeness (QED) is 0.519. The van der Waals surface area contributed by atoms with E-state index in [-0.39, 0.29) is 6.61 Å². The predicted molar refractivity (Wildman–Crippen MR) is 53.1 cm³/mol. The van der Waals surface area contributed by atoms with E-state index in [0.717, 1.165) is 26.1 Å². The molecule has 3 atom stereocenters. The van der Waals surface area contributed by atoms with E-state index in [1.165, 1.54) is 19.3 Å². The lowest BCUT2D eigenvalue weighted by Gasteiger charge is -2.18.